The predicted molar refractivity (Wildman–Crippen MR) is 85.0 cm³/mol. The van der Waals surface area contributed by atoms with Crippen molar-refractivity contribution in [3.63, 3.8) is 0 Å². The van der Waals surface area contributed by atoms with Gasteiger partial charge < -0.3 is 4.74 Å². The number of nitrogens with zero attached hydrogens (tertiary/aromatic N) is 1. The molecule has 0 spiro atoms. The highest BCUT2D eigenvalue weighted by Crippen LogP contribution is 2.27. The topological polar surface area (TPSA) is 38.7 Å². The SMILES string of the molecule is [B]c1ccc(C=O)c(C(=C/CC(C)F)/C(=C\N=C)OC)c1. The van der Waals surface area contributed by atoms with E-state index in [1.54, 1.807) is 24.3 Å². The number of aliphatic imine (C=N–C) groups is 1. The Labute approximate surface area is 125 Å². The lowest BCUT2D eigenvalue weighted by atomic mass is 9.88. The second kappa shape index (κ2) is 8.20. The maximum Gasteiger partial charge on any atom is 0.150 e. The molecule has 1 aromatic carbocycles. The molecule has 5 heteroatoms. The van der Waals surface area contributed by atoms with Crippen molar-refractivity contribution in [3.05, 3.63) is 47.4 Å². The summed E-state index contributed by atoms with van der Waals surface area (Å²) >= 11 is 0. The number of aldehydes is 1. The number of benzene rings is 1. The zero-order valence-electron chi connectivity index (χ0n) is 12.2. The van der Waals surface area contributed by atoms with Gasteiger partial charge in [-0.2, -0.15) is 0 Å². The highest BCUT2D eigenvalue weighted by atomic mass is 19.1. The number of methoxy groups -OCH3 is 1. The van der Waals surface area contributed by atoms with Crippen LogP contribution in [0.25, 0.3) is 5.57 Å². The van der Waals surface area contributed by atoms with Crippen molar-refractivity contribution in [2.24, 2.45) is 4.99 Å². The van der Waals surface area contributed by atoms with Crippen molar-refractivity contribution in [3.8, 4) is 0 Å². The Balaban J connectivity index is 3.46. The number of hydrogen-bond acceptors (Lipinski definition) is 3. The molecular formula is C16H17BFNO2. The first-order valence-electron chi connectivity index (χ1n) is 6.43. The van der Waals surface area contributed by atoms with Crippen molar-refractivity contribution in [1.29, 1.82) is 0 Å². The Morgan fingerprint density at radius 2 is 2.29 bits per heavy atom. The van der Waals surface area contributed by atoms with Gasteiger partial charge >= 0.3 is 0 Å². The van der Waals surface area contributed by atoms with E-state index in [2.05, 4.69) is 11.7 Å². The molecule has 0 N–H and O–H groups in total. The van der Waals surface area contributed by atoms with Crippen LogP contribution in [0.5, 0.6) is 0 Å². The molecule has 21 heavy (non-hydrogen) atoms. The van der Waals surface area contributed by atoms with Crippen LogP contribution in [0, 0.1) is 0 Å². The van der Waals surface area contributed by atoms with E-state index in [9.17, 15) is 9.18 Å². The number of allylic oxidation sites excluding steroid dienone is 2. The van der Waals surface area contributed by atoms with Crippen LogP contribution >= 0.6 is 0 Å². The Morgan fingerprint density at radius 1 is 1.57 bits per heavy atom. The van der Waals surface area contributed by atoms with Crippen molar-refractivity contribution in [2.75, 3.05) is 7.11 Å². The quantitative estimate of drug-likeness (QED) is 0.254. The molecule has 1 rings (SSSR count). The molecule has 1 unspecified atom stereocenters. The number of alkyl halides is 1. The first-order valence-corrected chi connectivity index (χ1v) is 6.43. The molecular weight excluding hydrogens is 268 g/mol. The van der Waals surface area contributed by atoms with E-state index in [0.717, 1.165) is 6.29 Å². The lowest BCUT2D eigenvalue weighted by Gasteiger charge is -2.14. The third-order valence-corrected chi connectivity index (χ3v) is 2.84. The van der Waals surface area contributed by atoms with Crippen molar-refractivity contribution in [1.82, 2.24) is 0 Å². The molecule has 2 radical (unpaired) electrons. The number of ether oxygens (including phenoxy) is 1. The van der Waals surface area contributed by atoms with Crippen LogP contribution in [0.1, 0.15) is 29.3 Å². The van der Waals surface area contributed by atoms with Gasteiger partial charge in [-0.1, -0.05) is 29.7 Å². The van der Waals surface area contributed by atoms with Crippen LogP contribution in [0.3, 0.4) is 0 Å². The van der Waals surface area contributed by atoms with E-state index in [0.29, 0.717) is 27.9 Å². The Kier molecular flexibility index (Phi) is 6.59. The minimum atomic E-state index is -1.02. The van der Waals surface area contributed by atoms with Gasteiger partial charge in [-0.05, 0) is 25.6 Å². The summed E-state index contributed by atoms with van der Waals surface area (Å²) < 4.78 is 18.4. The molecule has 0 heterocycles. The van der Waals surface area contributed by atoms with Crippen LogP contribution in [-0.4, -0.2) is 34.1 Å². The van der Waals surface area contributed by atoms with E-state index in [-0.39, 0.29) is 6.42 Å². The lowest BCUT2D eigenvalue weighted by Crippen LogP contribution is -2.07. The molecule has 0 bridgehead atoms. The molecule has 108 valence electrons. The van der Waals surface area contributed by atoms with Gasteiger partial charge in [0.25, 0.3) is 0 Å². The second-order valence-corrected chi connectivity index (χ2v) is 4.48. The molecule has 0 fully saturated rings. The fourth-order valence-corrected chi connectivity index (χ4v) is 1.85. The molecule has 0 saturated carbocycles. The summed E-state index contributed by atoms with van der Waals surface area (Å²) in [6.07, 6.45) is 2.95. The molecule has 0 saturated heterocycles. The zero-order chi connectivity index (χ0) is 15.8. The predicted octanol–water partition coefficient (Wildman–Crippen LogP) is 2.61. The standard InChI is InChI=1S/C16H17BFNO2/c1-11(18)4-7-14(16(21-3)9-19-2)15-8-13(17)6-5-12(15)10-20/h5-11H,2,4H2,1,3H3/b14-7-,16-9+. The summed E-state index contributed by atoms with van der Waals surface area (Å²) in [4.78, 5) is 14.9. The number of rotatable bonds is 7. The third kappa shape index (κ3) is 4.70. The van der Waals surface area contributed by atoms with E-state index >= 15 is 0 Å². The van der Waals surface area contributed by atoms with Gasteiger partial charge in [0, 0.05) is 11.1 Å². The summed E-state index contributed by atoms with van der Waals surface area (Å²) in [7, 11) is 7.25. The van der Waals surface area contributed by atoms with Crippen LogP contribution in [0.4, 0.5) is 4.39 Å². The summed E-state index contributed by atoms with van der Waals surface area (Å²) in [5, 5.41) is 0. The van der Waals surface area contributed by atoms with Gasteiger partial charge in [-0.25, -0.2) is 4.39 Å². The number of carbonyl (C=O) groups is 1. The van der Waals surface area contributed by atoms with Gasteiger partial charge in [0.1, 0.15) is 19.8 Å². The van der Waals surface area contributed by atoms with Crippen molar-refractivity contribution < 1.29 is 13.9 Å². The smallest absolute Gasteiger partial charge is 0.150 e. The molecule has 0 amide bonds. The normalized spacial score (nSPS) is 13.7. The average Bonchev–Trinajstić information content (AvgIpc) is 2.46. The van der Waals surface area contributed by atoms with E-state index < -0.39 is 6.17 Å². The number of carbonyl (C=O) groups excluding carboxylic acids is 1. The minimum Gasteiger partial charge on any atom is -0.495 e. The summed E-state index contributed by atoms with van der Waals surface area (Å²) in [6.45, 7) is 4.83. The Bertz CT molecular complexity index is 580. The molecule has 1 atom stereocenters. The van der Waals surface area contributed by atoms with Gasteiger partial charge in [-0.15, -0.1) is 0 Å². The van der Waals surface area contributed by atoms with Crippen LogP contribution in [0.2, 0.25) is 0 Å². The number of halogens is 1. The van der Waals surface area contributed by atoms with Gasteiger partial charge in [0.2, 0.25) is 0 Å². The Morgan fingerprint density at radius 3 is 2.81 bits per heavy atom. The molecule has 3 nitrogen and oxygen atoms in total. The highest BCUT2D eigenvalue weighted by Gasteiger charge is 2.13. The van der Waals surface area contributed by atoms with Gasteiger partial charge in [-0.3, -0.25) is 9.79 Å². The molecule has 1 aromatic rings. The summed E-state index contributed by atoms with van der Waals surface area (Å²) in [5.41, 5.74) is 2.07. The first-order chi connectivity index (χ1) is 10.0. The molecule has 0 aromatic heterocycles. The second-order valence-electron chi connectivity index (χ2n) is 4.48. The fraction of sp³-hybridized carbons (Fsp3) is 0.250. The largest absolute Gasteiger partial charge is 0.495 e. The molecule has 0 aliphatic heterocycles. The lowest BCUT2D eigenvalue weighted by molar-refractivity contribution is 0.112. The maximum atomic E-state index is 13.2. The van der Waals surface area contributed by atoms with E-state index in [4.69, 9.17) is 12.6 Å². The minimum absolute atomic E-state index is 0.181. The van der Waals surface area contributed by atoms with E-state index in [1.165, 1.54) is 20.2 Å². The fourth-order valence-electron chi connectivity index (χ4n) is 1.85. The van der Waals surface area contributed by atoms with Crippen molar-refractivity contribution >= 4 is 31.9 Å². The van der Waals surface area contributed by atoms with Crippen LogP contribution < -0.4 is 5.46 Å². The van der Waals surface area contributed by atoms with Crippen molar-refractivity contribution in [2.45, 2.75) is 19.5 Å². The van der Waals surface area contributed by atoms with Crippen LogP contribution in [0.15, 0.2) is 41.2 Å². The highest BCUT2D eigenvalue weighted by molar-refractivity contribution is 6.32. The maximum absolute atomic E-state index is 13.2. The van der Waals surface area contributed by atoms with Gasteiger partial charge in [0.15, 0.2) is 6.29 Å². The third-order valence-electron chi connectivity index (χ3n) is 2.84. The molecule has 0 aliphatic rings. The Hall–Kier alpha value is -2.17. The summed E-state index contributed by atoms with van der Waals surface area (Å²) in [6, 6.07) is 4.89. The first kappa shape index (κ1) is 16.9. The van der Waals surface area contributed by atoms with Gasteiger partial charge in [0.05, 0.1) is 13.3 Å². The van der Waals surface area contributed by atoms with Crippen LogP contribution in [-0.2, 0) is 4.74 Å². The van der Waals surface area contributed by atoms with E-state index in [1.807, 2.05) is 0 Å². The molecule has 0 aliphatic carbocycles. The monoisotopic (exact) mass is 285 g/mol. The number of hydrogen-bond donors (Lipinski definition) is 0. The zero-order valence-corrected chi connectivity index (χ0v) is 12.2. The summed E-state index contributed by atoms with van der Waals surface area (Å²) in [5.74, 6) is 0.388. The average molecular weight is 285 g/mol.